The maximum atomic E-state index is 14.1. The molecular formula is C20H19F3N2. The highest BCUT2D eigenvalue weighted by Gasteiger charge is 2.45. The lowest BCUT2D eigenvalue weighted by molar-refractivity contribution is -0.187. The van der Waals surface area contributed by atoms with Crippen molar-refractivity contribution in [2.75, 3.05) is 26.2 Å². The van der Waals surface area contributed by atoms with Gasteiger partial charge in [0.2, 0.25) is 0 Å². The standard InChI is InChI=1S/C20H19F3N2/c21-20(22,23)19(25-11-9-24-10-12-25)18-13-14-5-1-2-6-15(14)16-7-3-4-8-17(16)18/h1-8,13,19,24H,9-12H2/t19-/m1/s1. The van der Waals surface area contributed by atoms with Crippen LogP contribution in [-0.4, -0.2) is 37.3 Å². The van der Waals surface area contributed by atoms with Gasteiger partial charge < -0.3 is 5.32 Å². The Kier molecular flexibility index (Phi) is 4.13. The minimum Gasteiger partial charge on any atom is -0.314 e. The number of benzene rings is 3. The zero-order valence-electron chi connectivity index (χ0n) is 13.7. The lowest BCUT2D eigenvalue weighted by Gasteiger charge is -2.36. The zero-order valence-corrected chi connectivity index (χ0v) is 13.7. The molecule has 0 amide bonds. The second-order valence-electron chi connectivity index (χ2n) is 6.46. The monoisotopic (exact) mass is 344 g/mol. The predicted octanol–water partition coefficient (Wildman–Crippen LogP) is 4.50. The summed E-state index contributed by atoms with van der Waals surface area (Å²) >= 11 is 0. The molecule has 0 radical (unpaired) electrons. The van der Waals surface area contributed by atoms with Crippen LogP contribution in [0.3, 0.4) is 0 Å². The van der Waals surface area contributed by atoms with Crippen molar-refractivity contribution in [2.24, 2.45) is 0 Å². The third-order valence-corrected chi connectivity index (χ3v) is 4.92. The Hall–Kier alpha value is -2.11. The Morgan fingerprint density at radius 3 is 2.12 bits per heavy atom. The van der Waals surface area contributed by atoms with Crippen LogP contribution in [0, 0.1) is 0 Å². The molecule has 0 spiro atoms. The molecule has 1 aliphatic rings. The molecule has 130 valence electrons. The summed E-state index contributed by atoms with van der Waals surface area (Å²) in [6.45, 7) is 1.95. The Morgan fingerprint density at radius 1 is 0.840 bits per heavy atom. The van der Waals surface area contributed by atoms with Gasteiger partial charge in [-0.1, -0.05) is 48.5 Å². The zero-order chi connectivity index (χ0) is 17.4. The molecule has 1 saturated heterocycles. The lowest BCUT2D eigenvalue weighted by atomic mass is 9.92. The van der Waals surface area contributed by atoms with Gasteiger partial charge in [0.05, 0.1) is 0 Å². The van der Waals surface area contributed by atoms with Crippen molar-refractivity contribution >= 4 is 21.5 Å². The molecule has 2 nitrogen and oxygen atoms in total. The van der Waals surface area contributed by atoms with Crippen LogP contribution in [0.2, 0.25) is 0 Å². The minimum absolute atomic E-state index is 0.351. The average Bonchev–Trinajstić information content (AvgIpc) is 2.62. The predicted molar refractivity (Wildman–Crippen MR) is 94.7 cm³/mol. The Labute approximate surface area is 144 Å². The van der Waals surface area contributed by atoms with Gasteiger partial charge in [0, 0.05) is 26.2 Å². The SMILES string of the molecule is FC(F)(F)[C@@H](c1cc2ccccc2c2ccccc12)N1CCNCC1. The highest BCUT2D eigenvalue weighted by molar-refractivity contribution is 6.09. The van der Waals surface area contributed by atoms with Crippen LogP contribution in [0.15, 0.2) is 54.6 Å². The molecule has 4 rings (SSSR count). The molecule has 1 N–H and O–H groups in total. The van der Waals surface area contributed by atoms with Gasteiger partial charge in [-0.2, -0.15) is 13.2 Å². The van der Waals surface area contributed by atoms with Gasteiger partial charge in [0.15, 0.2) is 0 Å². The summed E-state index contributed by atoms with van der Waals surface area (Å²) in [5.41, 5.74) is 0.351. The number of nitrogens with zero attached hydrogens (tertiary/aromatic N) is 1. The number of halogens is 3. The van der Waals surface area contributed by atoms with Gasteiger partial charge in [-0.3, -0.25) is 4.90 Å². The molecule has 5 heteroatoms. The van der Waals surface area contributed by atoms with Gasteiger partial charge in [-0.05, 0) is 33.2 Å². The number of hydrogen-bond acceptors (Lipinski definition) is 2. The van der Waals surface area contributed by atoms with Crippen molar-refractivity contribution < 1.29 is 13.2 Å². The molecule has 1 fully saturated rings. The summed E-state index contributed by atoms with van der Waals surface area (Å²) in [5, 5.41) is 6.52. The molecule has 0 bridgehead atoms. The van der Waals surface area contributed by atoms with E-state index in [4.69, 9.17) is 0 Å². The molecular weight excluding hydrogens is 325 g/mol. The summed E-state index contributed by atoms with van der Waals surface area (Å²) in [6, 6.07) is 15.2. The fraction of sp³-hybridized carbons (Fsp3) is 0.300. The fourth-order valence-electron chi connectivity index (χ4n) is 3.83. The smallest absolute Gasteiger partial charge is 0.314 e. The van der Waals surface area contributed by atoms with E-state index in [1.54, 1.807) is 17.0 Å². The van der Waals surface area contributed by atoms with Crippen molar-refractivity contribution in [3.05, 3.63) is 60.2 Å². The molecule has 1 heterocycles. The van der Waals surface area contributed by atoms with Crippen LogP contribution in [0.25, 0.3) is 21.5 Å². The number of hydrogen-bond donors (Lipinski definition) is 1. The molecule has 25 heavy (non-hydrogen) atoms. The molecule has 0 aliphatic carbocycles. The van der Waals surface area contributed by atoms with Gasteiger partial charge in [0.25, 0.3) is 0 Å². The van der Waals surface area contributed by atoms with Crippen molar-refractivity contribution in [2.45, 2.75) is 12.2 Å². The van der Waals surface area contributed by atoms with Crippen LogP contribution in [0.4, 0.5) is 13.2 Å². The van der Waals surface area contributed by atoms with E-state index < -0.39 is 12.2 Å². The van der Waals surface area contributed by atoms with Crippen molar-refractivity contribution in [1.29, 1.82) is 0 Å². The van der Waals surface area contributed by atoms with Crippen molar-refractivity contribution in [1.82, 2.24) is 10.2 Å². The van der Waals surface area contributed by atoms with E-state index in [1.165, 1.54) is 0 Å². The molecule has 1 aliphatic heterocycles. The van der Waals surface area contributed by atoms with Gasteiger partial charge in [-0.25, -0.2) is 0 Å². The van der Waals surface area contributed by atoms with E-state index in [1.807, 2.05) is 42.5 Å². The number of alkyl halides is 3. The number of piperazine rings is 1. The first-order valence-corrected chi connectivity index (χ1v) is 8.47. The summed E-state index contributed by atoms with van der Waals surface area (Å²) in [5.74, 6) is 0. The first kappa shape index (κ1) is 16.4. The highest BCUT2D eigenvalue weighted by Crippen LogP contribution is 2.42. The second kappa shape index (κ2) is 6.32. The summed E-state index contributed by atoms with van der Waals surface area (Å²) in [7, 11) is 0. The van der Waals surface area contributed by atoms with E-state index in [9.17, 15) is 13.2 Å². The third kappa shape index (κ3) is 2.98. The number of rotatable bonds is 2. The molecule has 0 unspecified atom stereocenters. The normalized spacial score (nSPS) is 17.9. The maximum Gasteiger partial charge on any atom is 0.408 e. The summed E-state index contributed by atoms with van der Waals surface area (Å²) in [6.07, 6.45) is -4.32. The molecule has 0 saturated carbocycles. The molecule has 1 atom stereocenters. The third-order valence-electron chi connectivity index (χ3n) is 4.92. The molecule has 0 aromatic heterocycles. The first-order chi connectivity index (χ1) is 12.1. The Balaban J connectivity index is 1.98. The average molecular weight is 344 g/mol. The molecule has 3 aromatic rings. The van der Waals surface area contributed by atoms with E-state index >= 15 is 0 Å². The van der Waals surface area contributed by atoms with E-state index in [0.29, 0.717) is 37.1 Å². The van der Waals surface area contributed by atoms with E-state index in [0.717, 1.165) is 16.2 Å². The minimum atomic E-state index is -4.32. The Morgan fingerprint density at radius 2 is 1.44 bits per heavy atom. The Bertz CT molecular complexity index is 898. The first-order valence-electron chi connectivity index (χ1n) is 8.47. The van der Waals surface area contributed by atoms with Crippen LogP contribution < -0.4 is 5.32 Å². The largest absolute Gasteiger partial charge is 0.408 e. The maximum absolute atomic E-state index is 14.1. The van der Waals surface area contributed by atoms with Crippen molar-refractivity contribution in [3.8, 4) is 0 Å². The van der Waals surface area contributed by atoms with Gasteiger partial charge in [-0.15, -0.1) is 0 Å². The van der Waals surface area contributed by atoms with E-state index in [-0.39, 0.29) is 0 Å². The number of fused-ring (bicyclic) bond motifs is 3. The molecule has 3 aromatic carbocycles. The van der Waals surface area contributed by atoms with Crippen LogP contribution in [-0.2, 0) is 0 Å². The van der Waals surface area contributed by atoms with Crippen LogP contribution in [0.5, 0.6) is 0 Å². The number of nitrogens with one attached hydrogen (secondary N) is 1. The van der Waals surface area contributed by atoms with Crippen LogP contribution >= 0.6 is 0 Å². The summed E-state index contributed by atoms with van der Waals surface area (Å²) in [4.78, 5) is 1.55. The highest BCUT2D eigenvalue weighted by atomic mass is 19.4. The van der Waals surface area contributed by atoms with Gasteiger partial charge >= 0.3 is 6.18 Å². The van der Waals surface area contributed by atoms with Crippen molar-refractivity contribution in [3.63, 3.8) is 0 Å². The summed E-state index contributed by atoms with van der Waals surface area (Å²) < 4.78 is 42.2. The topological polar surface area (TPSA) is 15.3 Å². The van der Waals surface area contributed by atoms with Gasteiger partial charge in [0.1, 0.15) is 6.04 Å². The van der Waals surface area contributed by atoms with Crippen LogP contribution in [0.1, 0.15) is 11.6 Å². The quantitative estimate of drug-likeness (QED) is 0.689. The fourth-order valence-corrected chi connectivity index (χ4v) is 3.83. The van der Waals surface area contributed by atoms with E-state index in [2.05, 4.69) is 5.32 Å². The lowest BCUT2D eigenvalue weighted by Crippen LogP contribution is -2.49. The second-order valence-corrected chi connectivity index (χ2v) is 6.46.